The average Bonchev–Trinajstić information content (AvgIpc) is 3.20. The first kappa shape index (κ1) is 18.7. The van der Waals surface area contributed by atoms with Crippen molar-refractivity contribution < 1.29 is 4.42 Å². The molecule has 1 aliphatic rings. The third kappa shape index (κ3) is 4.43. The SMILES string of the molecule is Nc1ccc(Cl)cc1CNCc1nnc(C2CCN(c3ccccn3)CC2)o1. The van der Waals surface area contributed by atoms with Gasteiger partial charge in [0, 0.05) is 42.5 Å². The zero-order valence-corrected chi connectivity index (χ0v) is 16.3. The highest BCUT2D eigenvalue weighted by molar-refractivity contribution is 6.30. The van der Waals surface area contributed by atoms with Gasteiger partial charge in [-0.25, -0.2) is 4.98 Å². The standard InChI is InChI=1S/C20H23ClN6O/c21-16-4-5-17(22)15(11-16)12-23-13-19-25-26-20(28-19)14-6-9-27(10-7-14)18-3-1-2-8-24-18/h1-5,8,11,14,23H,6-7,9-10,12-13,22H2. The second-order valence-corrected chi connectivity index (χ2v) is 7.37. The molecule has 0 saturated carbocycles. The van der Waals surface area contributed by atoms with Crippen molar-refractivity contribution >= 4 is 23.1 Å². The number of aromatic nitrogens is 3. The molecule has 1 fully saturated rings. The number of anilines is 2. The molecular weight excluding hydrogens is 376 g/mol. The Hall–Kier alpha value is -2.64. The van der Waals surface area contributed by atoms with E-state index in [0.29, 0.717) is 35.6 Å². The lowest BCUT2D eigenvalue weighted by Crippen LogP contribution is -2.33. The summed E-state index contributed by atoms with van der Waals surface area (Å²) in [5.41, 5.74) is 7.63. The quantitative estimate of drug-likeness (QED) is 0.615. The number of nitrogens with two attached hydrogens (primary N) is 1. The lowest BCUT2D eigenvalue weighted by atomic mass is 9.97. The van der Waals surface area contributed by atoms with E-state index in [1.807, 2.05) is 36.5 Å². The first-order chi connectivity index (χ1) is 13.7. The Morgan fingerprint density at radius 1 is 1.14 bits per heavy atom. The number of rotatable bonds is 6. The van der Waals surface area contributed by atoms with Gasteiger partial charge in [-0.2, -0.15) is 0 Å². The van der Waals surface area contributed by atoms with Crippen LogP contribution in [-0.4, -0.2) is 28.3 Å². The van der Waals surface area contributed by atoms with Gasteiger partial charge in [-0.05, 0) is 48.7 Å². The maximum atomic E-state index is 6.02. The summed E-state index contributed by atoms with van der Waals surface area (Å²) in [5.74, 6) is 2.63. The van der Waals surface area contributed by atoms with Crippen molar-refractivity contribution in [3.8, 4) is 0 Å². The van der Waals surface area contributed by atoms with Gasteiger partial charge in [-0.3, -0.25) is 0 Å². The molecule has 3 N–H and O–H groups in total. The second kappa shape index (κ2) is 8.58. The number of benzene rings is 1. The van der Waals surface area contributed by atoms with E-state index >= 15 is 0 Å². The molecule has 28 heavy (non-hydrogen) atoms. The molecule has 1 aromatic carbocycles. The number of nitrogen functional groups attached to an aromatic ring is 1. The van der Waals surface area contributed by atoms with E-state index in [9.17, 15) is 0 Å². The van der Waals surface area contributed by atoms with E-state index in [0.717, 1.165) is 43.2 Å². The maximum absolute atomic E-state index is 6.02. The van der Waals surface area contributed by atoms with Crippen LogP contribution in [0.25, 0.3) is 0 Å². The predicted octanol–water partition coefficient (Wildman–Crippen LogP) is 3.37. The number of halogens is 1. The Balaban J connectivity index is 1.28. The molecule has 7 nitrogen and oxygen atoms in total. The molecular formula is C20H23ClN6O. The first-order valence-corrected chi connectivity index (χ1v) is 9.80. The fourth-order valence-electron chi connectivity index (χ4n) is 3.43. The molecule has 0 amide bonds. The first-order valence-electron chi connectivity index (χ1n) is 9.42. The zero-order valence-electron chi connectivity index (χ0n) is 15.5. The largest absolute Gasteiger partial charge is 0.424 e. The molecule has 0 bridgehead atoms. The van der Waals surface area contributed by atoms with E-state index in [1.165, 1.54) is 0 Å². The Labute approximate surface area is 168 Å². The molecule has 146 valence electrons. The molecule has 0 unspecified atom stereocenters. The number of nitrogens with one attached hydrogen (secondary N) is 1. The van der Waals surface area contributed by atoms with Crippen LogP contribution in [0.15, 0.2) is 47.0 Å². The smallest absolute Gasteiger partial charge is 0.230 e. The van der Waals surface area contributed by atoms with Crippen LogP contribution in [0.1, 0.15) is 36.1 Å². The molecule has 0 aliphatic carbocycles. The van der Waals surface area contributed by atoms with Crippen LogP contribution < -0.4 is 16.0 Å². The van der Waals surface area contributed by atoms with Crippen LogP contribution in [0.5, 0.6) is 0 Å². The average molecular weight is 399 g/mol. The van der Waals surface area contributed by atoms with Crippen LogP contribution in [0.3, 0.4) is 0 Å². The number of nitrogens with zero attached hydrogens (tertiary/aromatic N) is 4. The van der Waals surface area contributed by atoms with Crippen molar-refractivity contribution in [3.63, 3.8) is 0 Å². The predicted molar refractivity (Wildman–Crippen MR) is 109 cm³/mol. The summed E-state index contributed by atoms with van der Waals surface area (Å²) < 4.78 is 5.88. The molecule has 3 aromatic rings. The topological polar surface area (TPSA) is 93.1 Å². The maximum Gasteiger partial charge on any atom is 0.230 e. The summed E-state index contributed by atoms with van der Waals surface area (Å²) in [4.78, 5) is 6.72. The highest BCUT2D eigenvalue weighted by Gasteiger charge is 2.25. The van der Waals surface area contributed by atoms with Crippen LogP contribution in [0, 0.1) is 0 Å². The van der Waals surface area contributed by atoms with Crippen molar-refractivity contribution in [1.29, 1.82) is 0 Å². The highest BCUT2D eigenvalue weighted by atomic mass is 35.5. The van der Waals surface area contributed by atoms with Crippen molar-refractivity contribution in [2.24, 2.45) is 0 Å². The summed E-state index contributed by atoms with van der Waals surface area (Å²) >= 11 is 6.02. The summed E-state index contributed by atoms with van der Waals surface area (Å²) in [5, 5.41) is 12.4. The molecule has 1 aliphatic heterocycles. The van der Waals surface area contributed by atoms with Gasteiger partial charge in [0.05, 0.1) is 6.54 Å². The molecule has 8 heteroatoms. The molecule has 0 radical (unpaired) electrons. The normalized spacial score (nSPS) is 15.1. The van der Waals surface area contributed by atoms with Gasteiger partial charge in [-0.1, -0.05) is 17.7 Å². The second-order valence-electron chi connectivity index (χ2n) is 6.93. The van der Waals surface area contributed by atoms with Gasteiger partial charge in [0.1, 0.15) is 5.82 Å². The third-order valence-corrected chi connectivity index (χ3v) is 5.23. The van der Waals surface area contributed by atoms with Crippen molar-refractivity contribution in [1.82, 2.24) is 20.5 Å². The van der Waals surface area contributed by atoms with E-state index in [1.54, 1.807) is 6.07 Å². The van der Waals surface area contributed by atoms with E-state index in [2.05, 4.69) is 25.4 Å². The third-order valence-electron chi connectivity index (χ3n) is 5.00. The van der Waals surface area contributed by atoms with Crippen LogP contribution in [0.4, 0.5) is 11.5 Å². The summed E-state index contributed by atoms with van der Waals surface area (Å²) in [6, 6.07) is 11.4. The monoisotopic (exact) mass is 398 g/mol. The fourth-order valence-corrected chi connectivity index (χ4v) is 3.63. The molecule has 1 saturated heterocycles. The van der Waals surface area contributed by atoms with E-state index < -0.39 is 0 Å². The molecule has 2 aromatic heterocycles. The minimum Gasteiger partial charge on any atom is -0.424 e. The number of piperidine rings is 1. The van der Waals surface area contributed by atoms with Crippen LogP contribution in [-0.2, 0) is 13.1 Å². The lowest BCUT2D eigenvalue weighted by Gasteiger charge is -2.31. The van der Waals surface area contributed by atoms with Gasteiger partial charge in [0.2, 0.25) is 11.8 Å². The fraction of sp³-hybridized carbons (Fsp3) is 0.350. The van der Waals surface area contributed by atoms with Crippen LogP contribution in [0.2, 0.25) is 5.02 Å². The van der Waals surface area contributed by atoms with Crippen molar-refractivity contribution in [2.45, 2.75) is 31.8 Å². The number of pyridine rings is 1. The number of hydrogen-bond donors (Lipinski definition) is 2. The Bertz CT molecular complexity index is 908. The summed E-state index contributed by atoms with van der Waals surface area (Å²) in [7, 11) is 0. The lowest BCUT2D eigenvalue weighted by molar-refractivity contribution is 0.369. The molecule has 3 heterocycles. The van der Waals surface area contributed by atoms with Crippen molar-refractivity contribution in [2.75, 3.05) is 23.7 Å². The highest BCUT2D eigenvalue weighted by Crippen LogP contribution is 2.29. The molecule has 0 atom stereocenters. The van der Waals surface area contributed by atoms with Gasteiger partial charge >= 0.3 is 0 Å². The minimum atomic E-state index is 0.296. The summed E-state index contributed by atoms with van der Waals surface area (Å²) in [6.45, 7) is 2.95. The van der Waals surface area contributed by atoms with Crippen molar-refractivity contribution in [3.05, 3.63) is 65.0 Å². The Morgan fingerprint density at radius 3 is 2.79 bits per heavy atom. The van der Waals surface area contributed by atoms with Gasteiger partial charge < -0.3 is 20.4 Å². The summed E-state index contributed by atoms with van der Waals surface area (Å²) in [6.07, 6.45) is 3.78. The van der Waals surface area contributed by atoms with E-state index in [4.69, 9.17) is 21.8 Å². The van der Waals surface area contributed by atoms with Gasteiger partial charge in [0.15, 0.2) is 0 Å². The van der Waals surface area contributed by atoms with Gasteiger partial charge in [-0.15, -0.1) is 10.2 Å². The Kier molecular flexibility index (Phi) is 5.73. The zero-order chi connectivity index (χ0) is 19.3. The minimum absolute atomic E-state index is 0.296. The number of hydrogen-bond acceptors (Lipinski definition) is 7. The molecule has 4 rings (SSSR count). The molecule has 0 spiro atoms. The van der Waals surface area contributed by atoms with Crippen LogP contribution >= 0.6 is 11.6 Å². The van der Waals surface area contributed by atoms with Gasteiger partial charge in [0.25, 0.3) is 0 Å². The Morgan fingerprint density at radius 2 is 2.00 bits per heavy atom. The van der Waals surface area contributed by atoms with E-state index in [-0.39, 0.29) is 0 Å².